The normalized spacial score (nSPS) is 13.5. The van der Waals surface area contributed by atoms with Crippen molar-refractivity contribution in [2.45, 2.75) is 43.9 Å². The first kappa shape index (κ1) is 19.3. The van der Waals surface area contributed by atoms with Crippen LogP contribution in [-0.4, -0.2) is 17.7 Å². The van der Waals surface area contributed by atoms with Gasteiger partial charge in [0.25, 0.3) is 0 Å². The standard InChI is InChI=1S/C15H24N2OS.ClH/c1-10(2)19-14-7-5-13(6-8-14)12(4)17-15(18)11(3)9-16;/h5-8,10-12H,9,16H2,1-4H3,(H,17,18);1H. The van der Waals surface area contributed by atoms with Crippen LogP contribution in [0.1, 0.15) is 39.3 Å². The lowest BCUT2D eigenvalue weighted by atomic mass is 10.1. The van der Waals surface area contributed by atoms with E-state index in [-0.39, 0.29) is 30.3 Å². The Kier molecular flexibility index (Phi) is 8.94. The van der Waals surface area contributed by atoms with Gasteiger partial charge in [0.1, 0.15) is 0 Å². The number of amides is 1. The number of hydrogen-bond acceptors (Lipinski definition) is 3. The average molecular weight is 317 g/mol. The zero-order chi connectivity index (χ0) is 14.4. The van der Waals surface area contributed by atoms with Crippen LogP contribution >= 0.6 is 24.2 Å². The van der Waals surface area contributed by atoms with Crippen molar-refractivity contribution in [1.29, 1.82) is 0 Å². The zero-order valence-corrected chi connectivity index (χ0v) is 14.2. The first-order valence-corrected chi connectivity index (χ1v) is 7.59. The van der Waals surface area contributed by atoms with Gasteiger partial charge in [-0.15, -0.1) is 24.2 Å². The van der Waals surface area contributed by atoms with Crippen molar-refractivity contribution in [1.82, 2.24) is 5.32 Å². The molecule has 114 valence electrons. The minimum absolute atomic E-state index is 0. The zero-order valence-electron chi connectivity index (χ0n) is 12.6. The summed E-state index contributed by atoms with van der Waals surface area (Å²) in [4.78, 5) is 13.0. The molecule has 0 aromatic heterocycles. The minimum atomic E-state index is -0.141. The smallest absolute Gasteiger partial charge is 0.224 e. The van der Waals surface area contributed by atoms with Crippen LogP contribution in [0.2, 0.25) is 0 Å². The maximum absolute atomic E-state index is 11.8. The third-order valence-corrected chi connectivity index (χ3v) is 3.93. The van der Waals surface area contributed by atoms with Gasteiger partial charge in [0.15, 0.2) is 0 Å². The van der Waals surface area contributed by atoms with E-state index in [0.29, 0.717) is 11.8 Å². The Morgan fingerprint density at radius 3 is 2.20 bits per heavy atom. The molecule has 1 amide bonds. The van der Waals surface area contributed by atoms with Crippen molar-refractivity contribution in [3.05, 3.63) is 29.8 Å². The Labute approximate surface area is 132 Å². The molecule has 0 aliphatic carbocycles. The van der Waals surface area contributed by atoms with Crippen LogP contribution < -0.4 is 11.1 Å². The third kappa shape index (κ3) is 6.16. The average Bonchev–Trinajstić information content (AvgIpc) is 2.37. The van der Waals surface area contributed by atoms with Crippen molar-refractivity contribution < 1.29 is 4.79 Å². The van der Waals surface area contributed by atoms with Crippen molar-refractivity contribution in [2.24, 2.45) is 11.7 Å². The van der Waals surface area contributed by atoms with Crippen LogP contribution in [0.25, 0.3) is 0 Å². The SMILES string of the molecule is CC(C)Sc1ccc(C(C)NC(=O)C(C)CN)cc1.Cl. The fourth-order valence-corrected chi connectivity index (χ4v) is 2.49. The summed E-state index contributed by atoms with van der Waals surface area (Å²) in [6, 6.07) is 8.37. The lowest BCUT2D eigenvalue weighted by Gasteiger charge is -2.17. The molecule has 3 N–H and O–H groups in total. The van der Waals surface area contributed by atoms with Gasteiger partial charge in [0, 0.05) is 22.6 Å². The summed E-state index contributed by atoms with van der Waals surface area (Å²) >= 11 is 1.84. The molecule has 0 bridgehead atoms. The molecule has 0 saturated heterocycles. The molecule has 0 aliphatic rings. The highest BCUT2D eigenvalue weighted by Gasteiger charge is 2.14. The molecule has 1 rings (SSSR count). The van der Waals surface area contributed by atoms with E-state index < -0.39 is 0 Å². The Bertz CT molecular complexity index is 409. The van der Waals surface area contributed by atoms with E-state index in [1.165, 1.54) is 4.90 Å². The number of nitrogens with one attached hydrogen (secondary N) is 1. The van der Waals surface area contributed by atoms with Crippen LogP contribution in [0, 0.1) is 5.92 Å². The fraction of sp³-hybridized carbons (Fsp3) is 0.533. The first-order valence-electron chi connectivity index (χ1n) is 6.71. The third-order valence-electron chi connectivity index (χ3n) is 2.91. The Morgan fingerprint density at radius 1 is 1.20 bits per heavy atom. The molecular formula is C15H25ClN2OS. The molecule has 3 nitrogen and oxygen atoms in total. The molecule has 0 saturated carbocycles. The Hall–Kier alpha value is -0.710. The predicted octanol–water partition coefficient (Wildman–Crippen LogP) is 3.38. The van der Waals surface area contributed by atoms with E-state index in [0.717, 1.165) is 5.56 Å². The summed E-state index contributed by atoms with van der Waals surface area (Å²) in [7, 11) is 0. The number of halogens is 1. The molecule has 0 radical (unpaired) electrons. The van der Waals surface area contributed by atoms with Gasteiger partial charge in [-0.1, -0.05) is 32.9 Å². The highest BCUT2D eigenvalue weighted by molar-refractivity contribution is 7.99. The van der Waals surface area contributed by atoms with Gasteiger partial charge in [-0.3, -0.25) is 4.79 Å². The second kappa shape index (κ2) is 9.27. The monoisotopic (exact) mass is 316 g/mol. The van der Waals surface area contributed by atoms with Gasteiger partial charge >= 0.3 is 0 Å². The summed E-state index contributed by atoms with van der Waals surface area (Å²) in [6.07, 6.45) is 0. The van der Waals surface area contributed by atoms with E-state index in [4.69, 9.17) is 5.73 Å². The molecular weight excluding hydrogens is 292 g/mol. The number of thioether (sulfide) groups is 1. The summed E-state index contributed by atoms with van der Waals surface area (Å²) in [6.45, 7) is 8.56. The van der Waals surface area contributed by atoms with E-state index in [2.05, 4.69) is 43.4 Å². The van der Waals surface area contributed by atoms with Gasteiger partial charge < -0.3 is 11.1 Å². The second-order valence-corrected chi connectivity index (χ2v) is 6.75. The quantitative estimate of drug-likeness (QED) is 0.791. The molecule has 0 spiro atoms. The highest BCUT2D eigenvalue weighted by Crippen LogP contribution is 2.24. The second-order valence-electron chi connectivity index (χ2n) is 5.10. The summed E-state index contributed by atoms with van der Waals surface area (Å²) in [5.41, 5.74) is 6.61. The summed E-state index contributed by atoms with van der Waals surface area (Å²) < 4.78 is 0. The summed E-state index contributed by atoms with van der Waals surface area (Å²) in [5.74, 6) is -0.131. The lowest BCUT2D eigenvalue weighted by molar-refractivity contribution is -0.124. The van der Waals surface area contributed by atoms with Crippen LogP contribution in [0.4, 0.5) is 0 Å². The molecule has 1 aromatic rings. The molecule has 0 heterocycles. The minimum Gasteiger partial charge on any atom is -0.349 e. The summed E-state index contributed by atoms with van der Waals surface area (Å²) in [5, 5.41) is 3.56. The van der Waals surface area contributed by atoms with E-state index in [9.17, 15) is 4.79 Å². The first-order chi connectivity index (χ1) is 8.93. The fourth-order valence-electron chi connectivity index (χ4n) is 1.65. The van der Waals surface area contributed by atoms with Gasteiger partial charge in [-0.25, -0.2) is 0 Å². The van der Waals surface area contributed by atoms with E-state index >= 15 is 0 Å². The van der Waals surface area contributed by atoms with Gasteiger partial charge in [0.05, 0.1) is 6.04 Å². The molecule has 2 atom stereocenters. The van der Waals surface area contributed by atoms with Crippen LogP contribution in [0.15, 0.2) is 29.2 Å². The molecule has 20 heavy (non-hydrogen) atoms. The van der Waals surface area contributed by atoms with Crippen molar-refractivity contribution in [2.75, 3.05) is 6.54 Å². The van der Waals surface area contributed by atoms with Crippen LogP contribution in [-0.2, 0) is 4.79 Å². The van der Waals surface area contributed by atoms with Crippen molar-refractivity contribution in [3.63, 3.8) is 0 Å². The van der Waals surface area contributed by atoms with Crippen LogP contribution in [0.3, 0.4) is 0 Å². The molecule has 5 heteroatoms. The van der Waals surface area contributed by atoms with Crippen LogP contribution in [0.5, 0.6) is 0 Å². The Balaban J connectivity index is 0.00000361. The topological polar surface area (TPSA) is 55.1 Å². The highest BCUT2D eigenvalue weighted by atomic mass is 35.5. The number of carbonyl (C=O) groups excluding carboxylic acids is 1. The molecule has 0 aliphatic heterocycles. The predicted molar refractivity (Wildman–Crippen MR) is 89.5 cm³/mol. The lowest BCUT2D eigenvalue weighted by Crippen LogP contribution is -2.34. The molecule has 1 aromatic carbocycles. The van der Waals surface area contributed by atoms with Gasteiger partial charge in [-0.05, 0) is 24.6 Å². The number of rotatable bonds is 6. The van der Waals surface area contributed by atoms with E-state index in [1.54, 1.807) is 0 Å². The maximum Gasteiger partial charge on any atom is 0.224 e. The molecule has 0 fully saturated rings. The van der Waals surface area contributed by atoms with Crippen molar-refractivity contribution in [3.8, 4) is 0 Å². The molecule has 2 unspecified atom stereocenters. The van der Waals surface area contributed by atoms with Crippen molar-refractivity contribution >= 4 is 30.1 Å². The Morgan fingerprint density at radius 2 is 1.75 bits per heavy atom. The van der Waals surface area contributed by atoms with Gasteiger partial charge in [-0.2, -0.15) is 0 Å². The number of hydrogen-bond donors (Lipinski definition) is 2. The number of carbonyl (C=O) groups is 1. The maximum atomic E-state index is 11.8. The van der Waals surface area contributed by atoms with Gasteiger partial charge in [0.2, 0.25) is 5.91 Å². The number of nitrogens with two attached hydrogens (primary N) is 1. The largest absolute Gasteiger partial charge is 0.349 e. The van der Waals surface area contributed by atoms with E-state index in [1.807, 2.05) is 25.6 Å². The number of benzene rings is 1.